The molecule has 1 aliphatic carbocycles. The van der Waals surface area contributed by atoms with Crippen LogP contribution in [0.25, 0.3) is 0 Å². The van der Waals surface area contributed by atoms with Gasteiger partial charge in [0.05, 0.1) is 17.3 Å². The minimum atomic E-state index is -0.0285. The lowest BCUT2D eigenvalue weighted by Crippen LogP contribution is -2.36. The van der Waals surface area contributed by atoms with E-state index in [1.54, 1.807) is 0 Å². The molecule has 2 N–H and O–H groups in total. The van der Waals surface area contributed by atoms with E-state index >= 15 is 0 Å². The molecular formula is C19H24N4O2S. The molecule has 1 aliphatic heterocycles. The zero-order chi connectivity index (χ0) is 17.9. The van der Waals surface area contributed by atoms with E-state index in [9.17, 15) is 9.90 Å². The number of aryl methyl sites for hydroxylation is 1. The number of piperidine rings is 1. The summed E-state index contributed by atoms with van der Waals surface area (Å²) in [6, 6.07) is 1.83. The maximum absolute atomic E-state index is 12.4. The van der Waals surface area contributed by atoms with E-state index in [4.69, 9.17) is 4.98 Å². The quantitative estimate of drug-likeness (QED) is 0.862. The molecule has 1 amide bonds. The predicted molar refractivity (Wildman–Crippen MR) is 102 cm³/mol. The van der Waals surface area contributed by atoms with Gasteiger partial charge in [-0.05, 0) is 49.5 Å². The second kappa shape index (κ2) is 7.72. The molecule has 2 aromatic heterocycles. The van der Waals surface area contributed by atoms with Crippen LogP contribution in [-0.2, 0) is 6.42 Å². The van der Waals surface area contributed by atoms with Crippen LogP contribution in [0.2, 0.25) is 0 Å². The number of nitrogens with one attached hydrogen (secondary N) is 1. The Hall–Kier alpha value is -1.99. The summed E-state index contributed by atoms with van der Waals surface area (Å²) in [7, 11) is 0. The molecule has 138 valence electrons. The van der Waals surface area contributed by atoms with Gasteiger partial charge in [-0.1, -0.05) is 0 Å². The molecule has 7 heteroatoms. The third-order valence-corrected chi connectivity index (χ3v) is 6.10. The maximum Gasteiger partial charge on any atom is 0.252 e. The average Bonchev–Trinajstić information content (AvgIpc) is 3.23. The van der Waals surface area contributed by atoms with Crippen molar-refractivity contribution in [2.75, 3.05) is 24.6 Å². The summed E-state index contributed by atoms with van der Waals surface area (Å²) in [5, 5.41) is 16.2. The number of aromatic nitrogens is 2. The van der Waals surface area contributed by atoms with E-state index in [0.717, 1.165) is 62.4 Å². The van der Waals surface area contributed by atoms with Gasteiger partial charge in [0, 0.05) is 36.8 Å². The third-order valence-electron chi connectivity index (χ3n) is 5.41. The SMILES string of the molecule is O=C(NC1CCCc2nc(N3CCC(CO)CC3)ncc21)c1ccsc1. The Labute approximate surface area is 157 Å². The summed E-state index contributed by atoms with van der Waals surface area (Å²) < 4.78 is 0. The monoisotopic (exact) mass is 372 g/mol. The van der Waals surface area contributed by atoms with Crippen molar-refractivity contribution in [3.8, 4) is 0 Å². The first-order valence-corrected chi connectivity index (χ1v) is 10.2. The fraction of sp³-hybridized carbons (Fsp3) is 0.526. The number of nitrogens with zero attached hydrogens (tertiary/aromatic N) is 3. The average molecular weight is 372 g/mol. The first-order valence-electron chi connectivity index (χ1n) is 9.29. The molecule has 2 aliphatic rings. The van der Waals surface area contributed by atoms with E-state index in [1.165, 1.54) is 11.3 Å². The van der Waals surface area contributed by atoms with Crippen LogP contribution in [0.1, 0.15) is 53.3 Å². The van der Waals surface area contributed by atoms with Crippen molar-refractivity contribution in [1.29, 1.82) is 0 Å². The fourth-order valence-corrected chi connectivity index (χ4v) is 4.43. The summed E-state index contributed by atoms with van der Waals surface area (Å²) in [6.45, 7) is 2.05. The Morgan fingerprint density at radius 2 is 2.19 bits per heavy atom. The second-order valence-corrected chi connectivity index (χ2v) is 7.90. The van der Waals surface area contributed by atoms with Crippen LogP contribution in [-0.4, -0.2) is 40.7 Å². The van der Waals surface area contributed by atoms with Gasteiger partial charge in [0.2, 0.25) is 5.95 Å². The number of hydrogen-bond donors (Lipinski definition) is 2. The summed E-state index contributed by atoms with van der Waals surface area (Å²) in [5.74, 6) is 1.16. The van der Waals surface area contributed by atoms with Crippen molar-refractivity contribution in [2.24, 2.45) is 5.92 Å². The van der Waals surface area contributed by atoms with Crippen LogP contribution in [0.15, 0.2) is 23.0 Å². The van der Waals surface area contributed by atoms with E-state index in [-0.39, 0.29) is 18.6 Å². The number of rotatable bonds is 4. The Balaban J connectivity index is 1.48. The van der Waals surface area contributed by atoms with Crippen LogP contribution < -0.4 is 10.2 Å². The van der Waals surface area contributed by atoms with E-state index in [0.29, 0.717) is 11.5 Å². The molecule has 1 unspecified atom stereocenters. The summed E-state index contributed by atoms with van der Waals surface area (Å²) >= 11 is 1.53. The number of amides is 1. The lowest BCUT2D eigenvalue weighted by Gasteiger charge is -2.32. The molecule has 0 saturated carbocycles. The lowest BCUT2D eigenvalue weighted by molar-refractivity contribution is 0.0933. The van der Waals surface area contributed by atoms with Gasteiger partial charge in [0.1, 0.15) is 0 Å². The minimum Gasteiger partial charge on any atom is -0.396 e. The molecule has 1 saturated heterocycles. The number of hydrogen-bond acceptors (Lipinski definition) is 6. The van der Waals surface area contributed by atoms with Crippen molar-refractivity contribution >= 4 is 23.2 Å². The summed E-state index contributed by atoms with van der Waals surface area (Å²) in [4.78, 5) is 24.0. The van der Waals surface area contributed by atoms with Gasteiger partial charge in [-0.3, -0.25) is 4.79 Å². The van der Waals surface area contributed by atoms with E-state index < -0.39 is 0 Å². The molecule has 0 spiro atoms. The third kappa shape index (κ3) is 3.59. The van der Waals surface area contributed by atoms with Gasteiger partial charge in [0.15, 0.2) is 0 Å². The van der Waals surface area contributed by atoms with Crippen LogP contribution >= 0.6 is 11.3 Å². The summed E-state index contributed by atoms with van der Waals surface area (Å²) in [6.07, 6.45) is 6.74. The number of fused-ring (bicyclic) bond motifs is 1. The van der Waals surface area contributed by atoms with E-state index in [2.05, 4.69) is 15.2 Å². The van der Waals surface area contributed by atoms with Gasteiger partial charge in [0.25, 0.3) is 5.91 Å². The molecular weight excluding hydrogens is 348 g/mol. The van der Waals surface area contributed by atoms with Crippen molar-refractivity contribution in [3.63, 3.8) is 0 Å². The molecule has 2 aromatic rings. The fourth-order valence-electron chi connectivity index (χ4n) is 3.79. The lowest BCUT2D eigenvalue weighted by atomic mass is 9.92. The molecule has 3 heterocycles. The highest BCUT2D eigenvalue weighted by molar-refractivity contribution is 7.08. The van der Waals surface area contributed by atoms with Crippen LogP contribution in [0.5, 0.6) is 0 Å². The van der Waals surface area contributed by atoms with Crippen molar-refractivity contribution in [1.82, 2.24) is 15.3 Å². The van der Waals surface area contributed by atoms with Gasteiger partial charge < -0.3 is 15.3 Å². The number of anilines is 1. The van der Waals surface area contributed by atoms with Gasteiger partial charge in [-0.2, -0.15) is 11.3 Å². The largest absolute Gasteiger partial charge is 0.396 e. The molecule has 1 fully saturated rings. The molecule has 0 radical (unpaired) electrons. The zero-order valence-corrected chi connectivity index (χ0v) is 15.5. The molecule has 0 bridgehead atoms. The molecule has 26 heavy (non-hydrogen) atoms. The van der Waals surface area contributed by atoms with Crippen molar-refractivity contribution in [2.45, 2.75) is 38.1 Å². The standard InChI is InChI=1S/C19H24N4O2S/c24-11-13-4-7-23(8-5-13)19-20-10-15-16(2-1-3-17(15)22-19)21-18(25)14-6-9-26-12-14/h6,9-10,12-13,16,24H,1-5,7-8,11H2,(H,21,25). The Morgan fingerprint density at radius 1 is 1.35 bits per heavy atom. The Bertz CT molecular complexity index is 757. The highest BCUT2D eigenvalue weighted by atomic mass is 32.1. The maximum atomic E-state index is 12.4. The molecule has 4 rings (SSSR count). The number of thiophene rings is 1. The highest BCUT2D eigenvalue weighted by Gasteiger charge is 2.26. The smallest absolute Gasteiger partial charge is 0.252 e. The molecule has 6 nitrogen and oxygen atoms in total. The van der Waals surface area contributed by atoms with Crippen LogP contribution in [0.3, 0.4) is 0 Å². The molecule has 1 atom stereocenters. The van der Waals surface area contributed by atoms with Crippen LogP contribution in [0, 0.1) is 5.92 Å². The molecule has 0 aromatic carbocycles. The topological polar surface area (TPSA) is 78.4 Å². The van der Waals surface area contributed by atoms with Gasteiger partial charge in [-0.25, -0.2) is 9.97 Å². The first-order chi connectivity index (χ1) is 12.7. The van der Waals surface area contributed by atoms with E-state index in [1.807, 2.05) is 23.0 Å². The number of aliphatic hydroxyl groups is 1. The first kappa shape index (κ1) is 17.4. The Kier molecular flexibility index (Phi) is 5.17. The summed E-state index contributed by atoms with van der Waals surface area (Å²) in [5.41, 5.74) is 2.82. The van der Waals surface area contributed by atoms with Gasteiger partial charge >= 0.3 is 0 Å². The predicted octanol–water partition coefficient (Wildman–Crippen LogP) is 2.55. The van der Waals surface area contributed by atoms with Crippen molar-refractivity contribution < 1.29 is 9.90 Å². The Morgan fingerprint density at radius 3 is 2.92 bits per heavy atom. The zero-order valence-electron chi connectivity index (χ0n) is 14.7. The minimum absolute atomic E-state index is 0.0136. The number of aliphatic hydroxyl groups excluding tert-OH is 1. The van der Waals surface area contributed by atoms with Crippen LogP contribution in [0.4, 0.5) is 5.95 Å². The number of carbonyl (C=O) groups is 1. The van der Waals surface area contributed by atoms with Gasteiger partial charge in [-0.15, -0.1) is 0 Å². The number of carbonyl (C=O) groups excluding carboxylic acids is 1. The normalized spacial score (nSPS) is 20.7. The van der Waals surface area contributed by atoms with Crippen molar-refractivity contribution in [3.05, 3.63) is 39.8 Å². The second-order valence-electron chi connectivity index (χ2n) is 7.12. The highest BCUT2D eigenvalue weighted by Crippen LogP contribution is 2.30.